The standard InChI is InChI=1S/C17H15F2N3O2S/c18-14-5-3-6-16(13(14)12-20)21-8-10-22(11-9-21)25(23,24)17-7-2-1-4-15(17)19/h1-7H,8-11H2. The van der Waals surface area contributed by atoms with Crippen molar-refractivity contribution in [3.63, 3.8) is 0 Å². The Morgan fingerprint density at radius 3 is 2.20 bits per heavy atom. The zero-order chi connectivity index (χ0) is 18.0. The van der Waals surface area contributed by atoms with Crippen LogP contribution in [0, 0.1) is 23.0 Å². The molecule has 2 aromatic carbocycles. The number of nitrogens with zero attached hydrogens (tertiary/aromatic N) is 3. The number of hydrogen-bond acceptors (Lipinski definition) is 4. The summed E-state index contributed by atoms with van der Waals surface area (Å²) < 4.78 is 53.9. The van der Waals surface area contributed by atoms with Gasteiger partial charge in [0, 0.05) is 26.2 Å². The van der Waals surface area contributed by atoms with Gasteiger partial charge in [0.05, 0.1) is 5.69 Å². The highest BCUT2D eigenvalue weighted by Gasteiger charge is 2.31. The lowest BCUT2D eigenvalue weighted by atomic mass is 10.1. The van der Waals surface area contributed by atoms with Crippen LogP contribution in [0.25, 0.3) is 0 Å². The molecule has 0 aliphatic carbocycles. The van der Waals surface area contributed by atoms with Gasteiger partial charge in [-0.25, -0.2) is 17.2 Å². The van der Waals surface area contributed by atoms with Gasteiger partial charge in [-0.3, -0.25) is 0 Å². The monoisotopic (exact) mass is 363 g/mol. The lowest BCUT2D eigenvalue weighted by Crippen LogP contribution is -2.49. The van der Waals surface area contributed by atoms with Crippen molar-refractivity contribution in [2.75, 3.05) is 31.1 Å². The molecule has 25 heavy (non-hydrogen) atoms. The van der Waals surface area contributed by atoms with Crippen LogP contribution in [0.15, 0.2) is 47.4 Å². The molecule has 3 rings (SSSR count). The van der Waals surface area contributed by atoms with Crippen molar-refractivity contribution in [1.82, 2.24) is 4.31 Å². The van der Waals surface area contributed by atoms with E-state index in [1.165, 1.54) is 34.6 Å². The minimum absolute atomic E-state index is 0.0621. The first-order chi connectivity index (χ1) is 11.9. The molecule has 0 unspecified atom stereocenters. The topological polar surface area (TPSA) is 64.4 Å². The van der Waals surface area contributed by atoms with Crippen molar-refractivity contribution >= 4 is 15.7 Å². The van der Waals surface area contributed by atoms with Gasteiger partial charge in [0.15, 0.2) is 0 Å². The number of benzene rings is 2. The van der Waals surface area contributed by atoms with E-state index in [9.17, 15) is 17.2 Å². The Morgan fingerprint density at radius 2 is 1.56 bits per heavy atom. The zero-order valence-electron chi connectivity index (χ0n) is 13.2. The van der Waals surface area contributed by atoms with Crippen LogP contribution in [0.1, 0.15) is 5.56 Å². The van der Waals surface area contributed by atoms with Crippen LogP contribution in [0.5, 0.6) is 0 Å². The molecule has 1 aliphatic rings. The van der Waals surface area contributed by atoms with Crippen LogP contribution in [0.3, 0.4) is 0 Å². The summed E-state index contributed by atoms with van der Waals surface area (Å²) in [7, 11) is -3.93. The van der Waals surface area contributed by atoms with Crippen LogP contribution in [0.2, 0.25) is 0 Å². The summed E-state index contributed by atoms with van der Waals surface area (Å²) >= 11 is 0. The van der Waals surface area contributed by atoms with Gasteiger partial charge in [-0.2, -0.15) is 9.57 Å². The van der Waals surface area contributed by atoms with E-state index in [1.807, 2.05) is 6.07 Å². The summed E-state index contributed by atoms with van der Waals surface area (Å²) in [5.74, 6) is -1.40. The SMILES string of the molecule is N#Cc1c(F)cccc1N1CCN(S(=O)(=O)c2ccccc2F)CC1. The number of rotatable bonds is 3. The van der Waals surface area contributed by atoms with Gasteiger partial charge < -0.3 is 4.90 Å². The number of anilines is 1. The maximum Gasteiger partial charge on any atom is 0.246 e. The highest BCUT2D eigenvalue weighted by molar-refractivity contribution is 7.89. The third-order valence-electron chi connectivity index (χ3n) is 4.14. The highest BCUT2D eigenvalue weighted by Crippen LogP contribution is 2.26. The van der Waals surface area contributed by atoms with Gasteiger partial charge in [0.2, 0.25) is 10.0 Å². The summed E-state index contributed by atoms with van der Waals surface area (Å²) in [6.07, 6.45) is 0. The van der Waals surface area contributed by atoms with Crippen LogP contribution < -0.4 is 4.90 Å². The molecule has 1 fully saturated rings. The normalized spacial score (nSPS) is 15.8. The summed E-state index contributed by atoms with van der Waals surface area (Å²) in [5, 5.41) is 9.13. The number of halogens is 2. The molecule has 0 bridgehead atoms. The van der Waals surface area contributed by atoms with Crippen LogP contribution in [-0.2, 0) is 10.0 Å². The van der Waals surface area contributed by atoms with Crippen molar-refractivity contribution in [2.24, 2.45) is 0 Å². The minimum Gasteiger partial charge on any atom is -0.368 e. The Morgan fingerprint density at radius 1 is 0.920 bits per heavy atom. The van der Waals surface area contributed by atoms with E-state index in [0.29, 0.717) is 5.69 Å². The zero-order valence-corrected chi connectivity index (χ0v) is 14.0. The number of piperazine rings is 1. The maximum atomic E-state index is 13.8. The fourth-order valence-electron chi connectivity index (χ4n) is 2.85. The Bertz CT molecular complexity index is 933. The lowest BCUT2D eigenvalue weighted by molar-refractivity contribution is 0.382. The van der Waals surface area contributed by atoms with Gasteiger partial charge in [-0.05, 0) is 24.3 Å². The van der Waals surface area contributed by atoms with Crippen molar-refractivity contribution in [3.8, 4) is 6.07 Å². The largest absolute Gasteiger partial charge is 0.368 e. The molecule has 0 aromatic heterocycles. The predicted octanol–water partition coefficient (Wildman–Crippen LogP) is 2.35. The second kappa shape index (κ2) is 6.78. The second-order valence-electron chi connectivity index (χ2n) is 5.57. The van der Waals surface area contributed by atoms with E-state index in [2.05, 4.69) is 0 Å². The Labute approximate surface area is 144 Å². The van der Waals surface area contributed by atoms with Crippen molar-refractivity contribution in [3.05, 3.63) is 59.7 Å². The predicted molar refractivity (Wildman–Crippen MR) is 88.5 cm³/mol. The van der Waals surface area contributed by atoms with E-state index in [-0.39, 0.29) is 36.6 Å². The molecule has 2 aromatic rings. The van der Waals surface area contributed by atoms with Gasteiger partial charge in [-0.1, -0.05) is 18.2 Å². The van der Waals surface area contributed by atoms with Crippen LogP contribution in [0.4, 0.5) is 14.5 Å². The molecule has 0 amide bonds. The number of sulfonamides is 1. The molecular weight excluding hydrogens is 348 g/mol. The molecule has 130 valence electrons. The Balaban J connectivity index is 1.80. The summed E-state index contributed by atoms with van der Waals surface area (Å²) in [4.78, 5) is 1.40. The average molecular weight is 363 g/mol. The first-order valence-electron chi connectivity index (χ1n) is 7.63. The van der Waals surface area contributed by atoms with E-state index in [0.717, 1.165) is 6.07 Å². The maximum absolute atomic E-state index is 13.8. The smallest absolute Gasteiger partial charge is 0.246 e. The third-order valence-corrected chi connectivity index (χ3v) is 6.07. The fraction of sp³-hybridized carbons (Fsp3) is 0.235. The fourth-order valence-corrected chi connectivity index (χ4v) is 4.34. The molecular formula is C17H15F2N3O2S. The molecule has 1 heterocycles. The van der Waals surface area contributed by atoms with E-state index < -0.39 is 21.7 Å². The van der Waals surface area contributed by atoms with Crippen LogP contribution >= 0.6 is 0 Å². The third kappa shape index (κ3) is 3.21. The molecule has 0 radical (unpaired) electrons. The lowest BCUT2D eigenvalue weighted by Gasteiger charge is -2.35. The minimum atomic E-state index is -3.93. The van der Waals surface area contributed by atoms with Crippen LogP contribution in [-0.4, -0.2) is 38.9 Å². The quantitative estimate of drug-likeness (QED) is 0.840. The molecule has 0 spiro atoms. The van der Waals surface area contributed by atoms with Crippen molar-refractivity contribution in [2.45, 2.75) is 4.90 Å². The Kier molecular flexibility index (Phi) is 4.70. The highest BCUT2D eigenvalue weighted by atomic mass is 32.2. The van der Waals surface area contributed by atoms with Gasteiger partial charge >= 0.3 is 0 Å². The number of hydrogen-bond donors (Lipinski definition) is 0. The molecule has 1 saturated heterocycles. The summed E-state index contributed by atoms with van der Waals surface area (Å²) in [5.41, 5.74) is 0.373. The summed E-state index contributed by atoms with van der Waals surface area (Å²) in [6, 6.07) is 11.4. The molecule has 5 nitrogen and oxygen atoms in total. The molecule has 1 aliphatic heterocycles. The first-order valence-corrected chi connectivity index (χ1v) is 9.07. The van der Waals surface area contributed by atoms with Crippen molar-refractivity contribution < 1.29 is 17.2 Å². The molecule has 0 atom stereocenters. The van der Waals surface area contributed by atoms with E-state index in [1.54, 1.807) is 11.0 Å². The molecule has 0 N–H and O–H groups in total. The van der Waals surface area contributed by atoms with Gasteiger partial charge in [-0.15, -0.1) is 0 Å². The molecule has 0 saturated carbocycles. The van der Waals surface area contributed by atoms with E-state index in [4.69, 9.17) is 5.26 Å². The number of nitriles is 1. The van der Waals surface area contributed by atoms with E-state index >= 15 is 0 Å². The average Bonchev–Trinajstić information content (AvgIpc) is 2.62. The summed E-state index contributed by atoms with van der Waals surface area (Å²) in [6.45, 7) is 0.813. The second-order valence-corrected chi connectivity index (χ2v) is 7.47. The molecule has 8 heteroatoms. The first kappa shape index (κ1) is 17.3. The van der Waals surface area contributed by atoms with Gasteiger partial charge in [0.1, 0.15) is 28.2 Å². The van der Waals surface area contributed by atoms with Crippen molar-refractivity contribution in [1.29, 1.82) is 5.26 Å². The Hall–Kier alpha value is -2.50. The van der Waals surface area contributed by atoms with Gasteiger partial charge in [0.25, 0.3) is 0 Å².